The summed E-state index contributed by atoms with van der Waals surface area (Å²) in [6, 6.07) is 7.94. The Morgan fingerprint density at radius 1 is 1.30 bits per heavy atom. The Bertz CT molecular complexity index is 696. The van der Waals surface area contributed by atoms with Crippen LogP contribution < -0.4 is 11.1 Å². The number of rotatable bonds is 6. The van der Waals surface area contributed by atoms with Crippen LogP contribution >= 0.6 is 11.6 Å². The molecule has 0 aliphatic heterocycles. The molecular formula is C16H19ClN4O2. The van der Waals surface area contributed by atoms with Crippen molar-refractivity contribution < 1.29 is 9.59 Å². The van der Waals surface area contributed by atoms with Gasteiger partial charge in [0, 0.05) is 11.2 Å². The molecule has 2 atom stereocenters. The number of hydrogen-bond acceptors (Lipinski definition) is 3. The highest BCUT2D eigenvalue weighted by Crippen LogP contribution is 2.13. The van der Waals surface area contributed by atoms with Gasteiger partial charge in [0.15, 0.2) is 5.69 Å². The number of nitrogens with two attached hydrogens (primary N) is 1. The number of carbonyl (C=O) groups is 2. The van der Waals surface area contributed by atoms with Crippen LogP contribution in [0, 0.1) is 5.92 Å². The van der Waals surface area contributed by atoms with Crippen molar-refractivity contribution in [1.29, 1.82) is 0 Å². The van der Waals surface area contributed by atoms with Crippen LogP contribution in [-0.4, -0.2) is 27.6 Å². The van der Waals surface area contributed by atoms with E-state index in [9.17, 15) is 9.59 Å². The summed E-state index contributed by atoms with van der Waals surface area (Å²) in [7, 11) is 0. The molecule has 0 saturated carbocycles. The van der Waals surface area contributed by atoms with Gasteiger partial charge in [-0.1, -0.05) is 31.9 Å². The quantitative estimate of drug-likeness (QED) is 0.848. The van der Waals surface area contributed by atoms with E-state index in [1.54, 1.807) is 41.2 Å². The van der Waals surface area contributed by atoms with Gasteiger partial charge >= 0.3 is 0 Å². The first-order valence-electron chi connectivity index (χ1n) is 7.34. The monoisotopic (exact) mass is 334 g/mol. The van der Waals surface area contributed by atoms with Gasteiger partial charge in [0.05, 0.1) is 5.69 Å². The lowest BCUT2D eigenvalue weighted by Gasteiger charge is -2.20. The smallest absolute Gasteiger partial charge is 0.272 e. The van der Waals surface area contributed by atoms with E-state index in [1.165, 1.54) is 0 Å². The van der Waals surface area contributed by atoms with Crippen molar-refractivity contribution in [2.75, 3.05) is 0 Å². The number of primary amides is 1. The average molecular weight is 335 g/mol. The molecule has 1 aromatic carbocycles. The summed E-state index contributed by atoms with van der Waals surface area (Å²) in [5.74, 6) is -1.03. The van der Waals surface area contributed by atoms with E-state index in [0.717, 1.165) is 12.1 Å². The molecule has 23 heavy (non-hydrogen) atoms. The predicted molar refractivity (Wildman–Crippen MR) is 88.5 cm³/mol. The summed E-state index contributed by atoms with van der Waals surface area (Å²) < 4.78 is 1.56. The van der Waals surface area contributed by atoms with Crippen LogP contribution in [0.2, 0.25) is 5.02 Å². The second-order valence-electron chi connectivity index (χ2n) is 5.36. The van der Waals surface area contributed by atoms with Gasteiger partial charge in [0.1, 0.15) is 6.04 Å². The molecule has 0 spiro atoms. The maximum atomic E-state index is 12.3. The topological polar surface area (TPSA) is 90.0 Å². The fraction of sp³-hybridized carbons (Fsp3) is 0.312. The Morgan fingerprint density at radius 2 is 1.96 bits per heavy atom. The standard InChI is InChI=1S/C16H19ClN4O2/c1-3-10(2)14(15(18)22)19-16(23)13-8-9-21(20-13)12-6-4-11(17)5-7-12/h4-10,14H,3H2,1-2H3,(H2,18,22)(H,19,23). The van der Waals surface area contributed by atoms with Gasteiger partial charge < -0.3 is 11.1 Å². The summed E-state index contributed by atoms with van der Waals surface area (Å²) in [5, 5.41) is 7.49. The van der Waals surface area contributed by atoms with Crippen molar-refractivity contribution in [3.8, 4) is 5.69 Å². The first kappa shape index (κ1) is 17.0. The molecule has 1 heterocycles. The van der Waals surface area contributed by atoms with Crippen molar-refractivity contribution in [3.05, 3.63) is 47.2 Å². The highest BCUT2D eigenvalue weighted by molar-refractivity contribution is 6.30. The molecule has 1 aromatic heterocycles. The highest BCUT2D eigenvalue weighted by atomic mass is 35.5. The Hall–Kier alpha value is -2.34. The van der Waals surface area contributed by atoms with E-state index < -0.39 is 17.9 Å². The summed E-state index contributed by atoms with van der Waals surface area (Å²) >= 11 is 5.85. The summed E-state index contributed by atoms with van der Waals surface area (Å²) in [5.41, 5.74) is 6.35. The lowest BCUT2D eigenvalue weighted by atomic mass is 9.98. The van der Waals surface area contributed by atoms with Gasteiger partial charge in [-0.05, 0) is 36.2 Å². The Labute approximate surface area is 139 Å². The molecule has 2 aromatic rings. The summed E-state index contributed by atoms with van der Waals surface area (Å²) in [6.45, 7) is 3.80. The molecule has 3 N–H and O–H groups in total. The molecule has 0 radical (unpaired) electrons. The van der Waals surface area contributed by atoms with Crippen LogP contribution in [0.3, 0.4) is 0 Å². The van der Waals surface area contributed by atoms with Gasteiger partial charge in [-0.15, -0.1) is 0 Å². The zero-order valence-electron chi connectivity index (χ0n) is 13.0. The van der Waals surface area contributed by atoms with Gasteiger partial charge in [0.2, 0.25) is 5.91 Å². The molecule has 0 saturated heterocycles. The van der Waals surface area contributed by atoms with Crippen LogP contribution in [0.15, 0.2) is 36.5 Å². The third-order valence-corrected chi connectivity index (χ3v) is 3.97. The van der Waals surface area contributed by atoms with Crippen LogP contribution in [0.25, 0.3) is 5.69 Å². The number of nitrogens with zero attached hydrogens (tertiary/aromatic N) is 2. The maximum absolute atomic E-state index is 12.3. The van der Waals surface area contributed by atoms with Gasteiger partial charge in [-0.25, -0.2) is 4.68 Å². The van der Waals surface area contributed by atoms with E-state index in [0.29, 0.717) is 5.02 Å². The number of benzene rings is 1. The highest BCUT2D eigenvalue weighted by Gasteiger charge is 2.25. The molecule has 0 aliphatic rings. The van der Waals surface area contributed by atoms with Crippen LogP contribution in [0.1, 0.15) is 30.8 Å². The fourth-order valence-corrected chi connectivity index (χ4v) is 2.25. The normalized spacial score (nSPS) is 13.3. The average Bonchev–Trinajstić information content (AvgIpc) is 3.02. The SMILES string of the molecule is CCC(C)C(NC(=O)c1ccn(-c2ccc(Cl)cc2)n1)C(N)=O. The lowest BCUT2D eigenvalue weighted by molar-refractivity contribution is -0.120. The second kappa shape index (κ2) is 7.28. The molecule has 7 heteroatoms. The van der Waals surface area contributed by atoms with Crippen LogP contribution in [0.5, 0.6) is 0 Å². The third kappa shape index (κ3) is 4.10. The number of amides is 2. The van der Waals surface area contributed by atoms with E-state index in [1.807, 2.05) is 13.8 Å². The predicted octanol–water partition coefficient (Wildman–Crippen LogP) is 2.16. The first-order chi connectivity index (χ1) is 10.9. The van der Waals surface area contributed by atoms with E-state index in [-0.39, 0.29) is 11.6 Å². The first-order valence-corrected chi connectivity index (χ1v) is 7.72. The minimum Gasteiger partial charge on any atom is -0.368 e. The van der Waals surface area contributed by atoms with E-state index in [2.05, 4.69) is 10.4 Å². The molecular weight excluding hydrogens is 316 g/mol. The zero-order chi connectivity index (χ0) is 17.0. The van der Waals surface area contributed by atoms with Crippen molar-refractivity contribution in [2.45, 2.75) is 26.3 Å². The number of aromatic nitrogens is 2. The number of carbonyl (C=O) groups excluding carboxylic acids is 2. The molecule has 0 fully saturated rings. The Balaban J connectivity index is 2.14. The van der Waals surface area contributed by atoms with Gasteiger partial charge in [-0.2, -0.15) is 5.10 Å². The molecule has 6 nitrogen and oxygen atoms in total. The fourth-order valence-electron chi connectivity index (χ4n) is 2.13. The minimum absolute atomic E-state index is 0.0465. The lowest BCUT2D eigenvalue weighted by Crippen LogP contribution is -2.48. The molecule has 122 valence electrons. The van der Waals surface area contributed by atoms with E-state index >= 15 is 0 Å². The molecule has 2 rings (SSSR count). The van der Waals surface area contributed by atoms with Gasteiger partial charge in [-0.3, -0.25) is 9.59 Å². The number of hydrogen-bond donors (Lipinski definition) is 2. The summed E-state index contributed by atoms with van der Waals surface area (Å²) in [6.07, 6.45) is 2.40. The largest absolute Gasteiger partial charge is 0.368 e. The zero-order valence-corrected chi connectivity index (χ0v) is 13.7. The van der Waals surface area contributed by atoms with Crippen LogP contribution in [-0.2, 0) is 4.79 Å². The second-order valence-corrected chi connectivity index (χ2v) is 5.80. The Kier molecular flexibility index (Phi) is 5.39. The van der Waals surface area contributed by atoms with Crippen molar-refractivity contribution in [3.63, 3.8) is 0 Å². The Morgan fingerprint density at radius 3 is 2.52 bits per heavy atom. The van der Waals surface area contributed by atoms with Crippen molar-refractivity contribution >= 4 is 23.4 Å². The van der Waals surface area contributed by atoms with Crippen LogP contribution in [0.4, 0.5) is 0 Å². The van der Waals surface area contributed by atoms with Crippen molar-refractivity contribution in [1.82, 2.24) is 15.1 Å². The maximum Gasteiger partial charge on any atom is 0.272 e. The van der Waals surface area contributed by atoms with Crippen molar-refractivity contribution in [2.24, 2.45) is 11.7 Å². The molecule has 2 unspecified atom stereocenters. The minimum atomic E-state index is -0.715. The third-order valence-electron chi connectivity index (χ3n) is 3.72. The number of nitrogens with one attached hydrogen (secondary N) is 1. The number of halogens is 1. The van der Waals surface area contributed by atoms with Gasteiger partial charge in [0.25, 0.3) is 5.91 Å². The molecule has 0 bridgehead atoms. The molecule has 2 amide bonds. The van der Waals surface area contributed by atoms with E-state index in [4.69, 9.17) is 17.3 Å². The molecule has 0 aliphatic carbocycles. The summed E-state index contributed by atoms with van der Waals surface area (Å²) in [4.78, 5) is 23.8.